The van der Waals surface area contributed by atoms with Gasteiger partial charge in [0.1, 0.15) is 5.82 Å². The maximum Gasteiger partial charge on any atom is 0.123 e. The van der Waals surface area contributed by atoms with Crippen molar-refractivity contribution in [2.24, 2.45) is 5.41 Å². The lowest BCUT2D eigenvalue weighted by Gasteiger charge is -2.21. The van der Waals surface area contributed by atoms with Crippen molar-refractivity contribution in [1.82, 2.24) is 5.32 Å². The van der Waals surface area contributed by atoms with E-state index < -0.39 is 0 Å². The van der Waals surface area contributed by atoms with E-state index in [4.69, 9.17) is 5.11 Å². The minimum absolute atomic E-state index is 0.00741. The molecule has 0 aliphatic heterocycles. The molecule has 0 aliphatic carbocycles. The number of hydrogen-bond acceptors (Lipinski definition) is 2. The van der Waals surface area contributed by atoms with Crippen LogP contribution in [0.15, 0.2) is 18.2 Å². The first-order chi connectivity index (χ1) is 8.44. The molecule has 0 atom stereocenters. The van der Waals surface area contributed by atoms with E-state index in [1.165, 1.54) is 6.07 Å². The minimum atomic E-state index is -0.180. The SMILES string of the molecule is Cc1cc(F)ccc1CNCCCC(C)(C)CO. The van der Waals surface area contributed by atoms with E-state index in [1.807, 2.05) is 13.0 Å². The molecule has 18 heavy (non-hydrogen) atoms. The summed E-state index contributed by atoms with van der Waals surface area (Å²) in [5.41, 5.74) is 2.13. The summed E-state index contributed by atoms with van der Waals surface area (Å²) in [6, 6.07) is 4.89. The van der Waals surface area contributed by atoms with Gasteiger partial charge in [-0.05, 0) is 55.0 Å². The summed E-state index contributed by atoms with van der Waals surface area (Å²) in [5, 5.41) is 12.5. The summed E-state index contributed by atoms with van der Waals surface area (Å²) in [6.07, 6.45) is 2.03. The highest BCUT2D eigenvalue weighted by Gasteiger charge is 2.15. The van der Waals surface area contributed by atoms with Crippen LogP contribution < -0.4 is 5.32 Å². The van der Waals surface area contributed by atoms with Crippen LogP contribution in [0.5, 0.6) is 0 Å². The Bertz CT molecular complexity index is 377. The maximum absolute atomic E-state index is 12.9. The first-order valence-corrected chi connectivity index (χ1v) is 6.51. The van der Waals surface area contributed by atoms with Crippen LogP contribution in [-0.2, 0) is 6.54 Å². The molecule has 0 unspecified atom stereocenters. The number of nitrogens with one attached hydrogen (secondary N) is 1. The number of aliphatic hydroxyl groups excluding tert-OH is 1. The van der Waals surface area contributed by atoms with Gasteiger partial charge < -0.3 is 10.4 Å². The monoisotopic (exact) mass is 253 g/mol. The van der Waals surface area contributed by atoms with Crippen molar-refractivity contribution in [1.29, 1.82) is 0 Å². The fourth-order valence-corrected chi connectivity index (χ4v) is 1.85. The van der Waals surface area contributed by atoms with Gasteiger partial charge >= 0.3 is 0 Å². The van der Waals surface area contributed by atoms with Crippen molar-refractivity contribution >= 4 is 0 Å². The Balaban J connectivity index is 2.26. The lowest BCUT2D eigenvalue weighted by atomic mass is 9.89. The molecule has 1 aromatic carbocycles. The van der Waals surface area contributed by atoms with Crippen molar-refractivity contribution in [2.45, 2.75) is 40.2 Å². The second-order valence-electron chi connectivity index (χ2n) is 5.67. The van der Waals surface area contributed by atoms with Gasteiger partial charge in [0.05, 0.1) is 0 Å². The Labute approximate surface area is 109 Å². The van der Waals surface area contributed by atoms with Gasteiger partial charge in [-0.2, -0.15) is 0 Å². The largest absolute Gasteiger partial charge is 0.396 e. The van der Waals surface area contributed by atoms with E-state index in [0.29, 0.717) is 0 Å². The number of rotatable bonds is 7. The molecule has 0 aromatic heterocycles. The molecule has 2 N–H and O–H groups in total. The molecule has 2 nitrogen and oxygen atoms in total. The second-order valence-corrected chi connectivity index (χ2v) is 5.67. The summed E-state index contributed by atoms with van der Waals surface area (Å²) >= 11 is 0. The number of hydrogen-bond donors (Lipinski definition) is 2. The van der Waals surface area contributed by atoms with Crippen molar-refractivity contribution in [3.63, 3.8) is 0 Å². The highest BCUT2D eigenvalue weighted by Crippen LogP contribution is 2.20. The Morgan fingerprint density at radius 1 is 1.33 bits per heavy atom. The third-order valence-electron chi connectivity index (χ3n) is 3.26. The Morgan fingerprint density at radius 3 is 2.67 bits per heavy atom. The topological polar surface area (TPSA) is 32.3 Å². The van der Waals surface area contributed by atoms with Gasteiger partial charge in [-0.25, -0.2) is 4.39 Å². The normalized spacial score (nSPS) is 11.8. The lowest BCUT2D eigenvalue weighted by Crippen LogP contribution is -2.21. The quantitative estimate of drug-likeness (QED) is 0.732. The second kappa shape index (κ2) is 6.86. The van der Waals surface area contributed by atoms with Crippen LogP contribution in [-0.4, -0.2) is 18.3 Å². The minimum Gasteiger partial charge on any atom is -0.396 e. The number of halogens is 1. The number of benzene rings is 1. The molecule has 1 rings (SSSR count). The standard InChI is InChI=1S/C15H24FNO/c1-12-9-14(16)6-5-13(12)10-17-8-4-7-15(2,3)11-18/h5-6,9,17-18H,4,7-8,10-11H2,1-3H3. The average Bonchev–Trinajstić information content (AvgIpc) is 2.31. The fraction of sp³-hybridized carbons (Fsp3) is 0.600. The van der Waals surface area contributed by atoms with Gasteiger partial charge in [-0.15, -0.1) is 0 Å². The fourth-order valence-electron chi connectivity index (χ4n) is 1.85. The van der Waals surface area contributed by atoms with Crippen LogP contribution in [0.3, 0.4) is 0 Å². The van der Waals surface area contributed by atoms with E-state index in [-0.39, 0.29) is 17.8 Å². The van der Waals surface area contributed by atoms with Gasteiger partial charge in [0, 0.05) is 13.2 Å². The maximum atomic E-state index is 12.9. The molecular formula is C15H24FNO. The van der Waals surface area contributed by atoms with Crippen molar-refractivity contribution in [2.75, 3.05) is 13.2 Å². The summed E-state index contributed by atoms with van der Waals surface area (Å²) in [4.78, 5) is 0. The van der Waals surface area contributed by atoms with Crippen molar-refractivity contribution in [3.8, 4) is 0 Å². The van der Waals surface area contributed by atoms with Crippen LogP contribution in [0.25, 0.3) is 0 Å². The molecular weight excluding hydrogens is 229 g/mol. The highest BCUT2D eigenvalue weighted by atomic mass is 19.1. The van der Waals surface area contributed by atoms with Gasteiger partial charge in [0.25, 0.3) is 0 Å². The van der Waals surface area contributed by atoms with E-state index >= 15 is 0 Å². The van der Waals surface area contributed by atoms with E-state index in [1.54, 1.807) is 6.07 Å². The van der Waals surface area contributed by atoms with Gasteiger partial charge in [-0.1, -0.05) is 19.9 Å². The van der Waals surface area contributed by atoms with E-state index in [9.17, 15) is 4.39 Å². The van der Waals surface area contributed by atoms with E-state index in [0.717, 1.165) is 37.1 Å². The molecule has 0 aliphatic rings. The molecule has 0 bridgehead atoms. The van der Waals surface area contributed by atoms with Crippen LogP contribution in [0.2, 0.25) is 0 Å². The predicted molar refractivity (Wildman–Crippen MR) is 72.9 cm³/mol. The predicted octanol–water partition coefficient (Wildman–Crippen LogP) is 3.02. The van der Waals surface area contributed by atoms with Crippen LogP contribution in [0.4, 0.5) is 4.39 Å². The average molecular weight is 253 g/mol. The van der Waals surface area contributed by atoms with Gasteiger partial charge in [0.2, 0.25) is 0 Å². The molecule has 0 fully saturated rings. The zero-order chi connectivity index (χ0) is 13.6. The Kier molecular flexibility index (Phi) is 5.76. The molecule has 3 heteroatoms. The molecule has 0 saturated heterocycles. The molecule has 0 radical (unpaired) electrons. The number of aliphatic hydroxyl groups is 1. The molecule has 102 valence electrons. The van der Waals surface area contributed by atoms with Gasteiger partial charge in [0.15, 0.2) is 0 Å². The van der Waals surface area contributed by atoms with Gasteiger partial charge in [-0.3, -0.25) is 0 Å². The first kappa shape index (κ1) is 15.1. The smallest absolute Gasteiger partial charge is 0.123 e. The van der Waals surface area contributed by atoms with Crippen molar-refractivity contribution < 1.29 is 9.50 Å². The molecule has 0 amide bonds. The van der Waals surface area contributed by atoms with Crippen molar-refractivity contribution in [3.05, 3.63) is 35.1 Å². The number of aryl methyl sites for hydroxylation is 1. The molecule has 0 heterocycles. The Morgan fingerprint density at radius 2 is 2.06 bits per heavy atom. The van der Waals surface area contributed by atoms with Crippen LogP contribution >= 0.6 is 0 Å². The summed E-state index contributed by atoms with van der Waals surface area (Å²) < 4.78 is 12.9. The Hall–Kier alpha value is -0.930. The zero-order valence-corrected chi connectivity index (χ0v) is 11.6. The lowest BCUT2D eigenvalue weighted by molar-refractivity contribution is 0.148. The molecule has 0 saturated carbocycles. The third kappa shape index (κ3) is 5.15. The summed E-state index contributed by atoms with van der Waals surface area (Å²) in [6.45, 7) is 7.97. The zero-order valence-electron chi connectivity index (χ0n) is 11.6. The summed E-state index contributed by atoms with van der Waals surface area (Å²) in [7, 11) is 0. The first-order valence-electron chi connectivity index (χ1n) is 6.51. The van der Waals surface area contributed by atoms with E-state index in [2.05, 4.69) is 19.2 Å². The highest BCUT2D eigenvalue weighted by molar-refractivity contribution is 5.26. The molecule has 1 aromatic rings. The molecule has 0 spiro atoms. The van der Waals surface area contributed by atoms with Crippen LogP contribution in [0.1, 0.15) is 37.8 Å². The third-order valence-corrected chi connectivity index (χ3v) is 3.26. The summed E-state index contributed by atoms with van der Waals surface area (Å²) in [5.74, 6) is -0.180. The van der Waals surface area contributed by atoms with Crippen LogP contribution in [0, 0.1) is 18.2 Å².